The van der Waals surface area contributed by atoms with Gasteiger partial charge >= 0.3 is 6.03 Å². The predicted molar refractivity (Wildman–Crippen MR) is 115 cm³/mol. The van der Waals surface area contributed by atoms with Crippen LogP contribution in [-0.2, 0) is 9.59 Å². The van der Waals surface area contributed by atoms with Crippen LogP contribution in [0.5, 0.6) is 0 Å². The molecule has 0 heterocycles. The van der Waals surface area contributed by atoms with E-state index in [1.165, 1.54) is 5.56 Å². The molecule has 1 rings (SSSR count). The molecule has 28 heavy (non-hydrogen) atoms. The lowest BCUT2D eigenvalue weighted by Gasteiger charge is -2.09. The van der Waals surface area contributed by atoms with Crippen molar-refractivity contribution in [1.82, 2.24) is 21.5 Å². The van der Waals surface area contributed by atoms with Gasteiger partial charge in [0.2, 0.25) is 0 Å². The van der Waals surface area contributed by atoms with E-state index in [1.807, 2.05) is 25.1 Å². The number of hydrazine groups is 1. The van der Waals surface area contributed by atoms with Crippen LogP contribution in [0.25, 0.3) is 0 Å². The van der Waals surface area contributed by atoms with E-state index >= 15 is 0 Å². The van der Waals surface area contributed by atoms with E-state index in [4.69, 9.17) is 0 Å². The van der Waals surface area contributed by atoms with Crippen molar-refractivity contribution in [1.29, 1.82) is 0 Å². The lowest BCUT2D eigenvalue weighted by molar-refractivity contribution is -0.121. The quantitative estimate of drug-likeness (QED) is 0.558. The molecular weight excluding hydrogens is 356 g/mol. The molecule has 0 radical (unpaired) electrons. The Kier molecular flexibility index (Phi) is 17.9. The Hall–Kier alpha value is -2.41. The van der Waals surface area contributed by atoms with Crippen molar-refractivity contribution in [2.75, 3.05) is 19.6 Å². The second-order valence-corrected chi connectivity index (χ2v) is 7.14. The summed E-state index contributed by atoms with van der Waals surface area (Å²) in [5, 5.41) is 5.14. The standard InChI is InChI=1S/C10H20N4O3.C7H8.C4H10/c1-4-11-6-9(16)13-14-10(17)12-5-8(15)7(2)3;1-7-5-3-2-4-6-7;1-4(2)3/h7,11H,4-6H2,1-3H3,(H,13,16)(H2,12,14,17);2-6H,1H3;4H,1-3H3. The van der Waals surface area contributed by atoms with Crippen LogP contribution in [0.3, 0.4) is 0 Å². The molecule has 0 saturated heterocycles. The van der Waals surface area contributed by atoms with Gasteiger partial charge in [0, 0.05) is 5.92 Å². The number of ketones is 1. The van der Waals surface area contributed by atoms with E-state index in [9.17, 15) is 14.4 Å². The van der Waals surface area contributed by atoms with Crippen molar-refractivity contribution in [2.45, 2.75) is 48.5 Å². The molecule has 0 aromatic heterocycles. The number of hydrogen-bond acceptors (Lipinski definition) is 4. The second kappa shape index (κ2) is 18.0. The highest BCUT2D eigenvalue weighted by molar-refractivity contribution is 5.87. The number of urea groups is 1. The lowest BCUT2D eigenvalue weighted by Crippen LogP contribution is -2.50. The van der Waals surface area contributed by atoms with E-state index in [2.05, 4.69) is 61.3 Å². The average molecular weight is 395 g/mol. The number of Topliss-reactive ketones (excluding diaryl/α,β-unsaturated/α-hetero) is 1. The van der Waals surface area contributed by atoms with Crippen LogP contribution in [0.1, 0.15) is 47.1 Å². The molecule has 0 aliphatic heterocycles. The highest BCUT2D eigenvalue weighted by Gasteiger charge is 2.09. The van der Waals surface area contributed by atoms with Crippen molar-refractivity contribution in [3.05, 3.63) is 35.9 Å². The summed E-state index contributed by atoms with van der Waals surface area (Å²) >= 11 is 0. The minimum Gasteiger partial charge on any atom is -0.330 e. The molecule has 7 heteroatoms. The molecule has 4 N–H and O–H groups in total. The minimum absolute atomic E-state index is 0.0490. The number of amides is 3. The van der Waals surface area contributed by atoms with Gasteiger partial charge in [0.1, 0.15) is 0 Å². The Morgan fingerprint density at radius 2 is 1.43 bits per heavy atom. The number of rotatable bonds is 6. The minimum atomic E-state index is -0.608. The smallest absolute Gasteiger partial charge is 0.330 e. The van der Waals surface area contributed by atoms with E-state index in [0.717, 1.165) is 5.92 Å². The third-order valence-electron chi connectivity index (χ3n) is 2.86. The molecule has 0 aliphatic carbocycles. The zero-order valence-corrected chi connectivity index (χ0v) is 18.4. The SMILES string of the molecule is CC(C)C.CCNCC(=O)NNC(=O)NCC(=O)C(C)C.Cc1ccccc1. The molecule has 160 valence electrons. The molecule has 0 aliphatic rings. The molecular formula is C21H38N4O3. The lowest BCUT2D eigenvalue weighted by atomic mass is 10.1. The van der Waals surface area contributed by atoms with Crippen molar-refractivity contribution in [2.24, 2.45) is 11.8 Å². The zero-order chi connectivity index (χ0) is 21.9. The van der Waals surface area contributed by atoms with Crippen molar-refractivity contribution >= 4 is 17.7 Å². The Balaban J connectivity index is 0. The van der Waals surface area contributed by atoms with Gasteiger partial charge < -0.3 is 10.6 Å². The summed E-state index contributed by atoms with van der Waals surface area (Å²) in [5.74, 6) is 0.287. The average Bonchev–Trinajstić information content (AvgIpc) is 2.63. The van der Waals surface area contributed by atoms with E-state index < -0.39 is 6.03 Å². The Morgan fingerprint density at radius 3 is 1.82 bits per heavy atom. The van der Waals surface area contributed by atoms with Crippen LogP contribution in [-0.4, -0.2) is 37.4 Å². The molecule has 1 aromatic carbocycles. The fraction of sp³-hybridized carbons (Fsp3) is 0.571. The highest BCUT2D eigenvalue weighted by Crippen LogP contribution is 1.92. The summed E-state index contributed by atoms with van der Waals surface area (Å²) < 4.78 is 0. The number of carbonyl (C=O) groups is 3. The van der Waals surface area contributed by atoms with Crippen LogP contribution in [0.15, 0.2) is 30.3 Å². The first-order chi connectivity index (χ1) is 13.1. The van der Waals surface area contributed by atoms with E-state index in [1.54, 1.807) is 13.8 Å². The third-order valence-corrected chi connectivity index (χ3v) is 2.86. The largest absolute Gasteiger partial charge is 0.333 e. The molecule has 0 spiro atoms. The molecule has 0 unspecified atom stereocenters. The number of aryl methyl sites for hydroxylation is 1. The fourth-order valence-corrected chi connectivity index (χ4v) is 1.36. The Morgan fingerprint density at radius 1 is 0.893 bits per heavy atom. The van der Waals surface area contributed by atoms with E-state index in [0.29, 0.717) is 6.54 Å². The fourth-order valence-electron chi connectivity index (χ4n) is 1.36. The highest BCUT2D eigenvalue weighted by atomic mass is 16.2. The zero-order valence-electron chi connectivity index (χ0n) is 18.4. The number of likely N-dealkylation sites (N-methyl/N-ethyl adjacent to an activating group) is 1. The first-order valence-electron chi connectivity index (χ1n) is 9.67. The second-order valence-electron chi connectivity index (χ2n) is 7.14. The maximum absolute atomic E-state index is 11.2. The van der Waals surface area contributed by atoms with E-state index in [-0.39, 0.29) is 30.7 Å². The summed E-state index contributed by atoms with van der Waals surface area (Å²) in [4.78, 5) is 33.4. The van der Waals surface area contributed by atoms with Crippen LogP contribution in [0.4, 0.5) is 4.79 Å². The van der Waals surface area contributed by atoms with Crippen molar-refractivity contribution in [3.63, 3.8) is 0 Å². The van der Waals surface area contributed by atoms with Gasteiger partial charge in [-0.1, -0.05) is 77.4 Å². The molecule has 7 nitrogen and oxygen atoms in total. The number of nitrogens with one attached hydrogen (secondary N) is 4. The summed E-state index contributed by atoms with van der Waals surface area (Å²) in [6.07, 6.45) is 0. The molecule has 0 atom stereocenters. The molecule has 0 saturated carbocycles. The van der Waals surface area contributed by atoms with Crippen LogP contribution >= 0.6 is 0 Å². The van der Waals surface area contributed by atoms with Gasteiger partial charge in [0.25, 0.3) is 5.91 Å². The number of benzene rings is 1. The first kappa shape index (κ1) is 27.8. The summed E-state index contributed by atoms with van der Waals surface area (Å²) in [7, 11) is 0. The topological polar surface area (TPSA) is 99.3 Å². The van der Waals surface area contributed by atoms with Gasteiger partial charge in [-0.2, -0.15) is 0 Å². The summed E-state index contributed by atoms with van der Waals surface area (Å²) in [6, 6.07) is 9.65. The maximum atomic E-state index is 11.2. The first-order valence-corrected chi connectivity index (χ1v) is 9.67. The summed E-state index contributed by atoms with van der Waals surface area (Å²) in [6.45, 7) is 14.7. The monoisotopic (exact) mass is 394 g/mol. The maximum Gasteiger partial charge on any atom is 0.333 e. The van der Waals surface area contributed by atoms with Crippen molar-refractivity contribution < 1.29 is 14.4 Å². The van der Waals surface area contributed by atoms with Crippen LogP contribution in [0.2, 0.25) is 0 Å². The van der Waals surface area contributed by atoms with Crippen molar-refractivity contribution in [3.8, 4) is 0 Å². The predicted octanol–water partition coefficient (Wildman–Crippen LogP) is 2.81. The van der Waals surface area contributed by atoms with Gasteiger partial charge in [-0.25, -0.2) is 10.2 Å². The Labute approximate surface area is 170 Å². The number of hydrogen-bond donors (Lipinski definition) is 4. The molecule has 1 aromatic rings. The third kappa shape index (κ3) is 21.6. The van der Waals surface area contributed by atoms with Gasteiger partial charge in [-0.05, 0) is 19.4 Å². The van der Waals surface area contributed by atoms with Crippen LogP contribution in [0, 0.1) is 18.8 Å². The summed E-state index contributed by atoms with van der Waals surface area (Å²) in [5.41, 5.74) is 5.66. The van der Waals surface area contributed by atoms with Gasteiger partial charge in [0.15, 0.2) is 5.78 Å². The molecule has 0 bridgehead atoms. The normalized spacial score (nSPS) is 9.46. The van der Waals surface area contributed by atoms with Gasteiger partial charge in [0.05, 0.1) is 13.1 Å². The van der Waals surface area contributed by atoms with Gasteiger partial charge in [-0.3, -0.25) is 15.0 Å². The van der Waals surface area contributed by atoms with Gasteiger partial charge in [-0.15, -0.1) is 0 Å². The Bertz CT molecular complexity index is 543. The molecule has 0 fully saturated rings. The number of carbonyl (C=O) groups excluding carboxylic acids is 3. The molecule has 3 amide bonds. The van der Waals surface area contributed by atoms with Crippen LogP contribution < -0.4 is 21.5 Å².